The molecule has 1 fully saturated rings. The van der Waals surface area contributed by atoms with Crippen LogP contribution in [0.1, 0.15) is 25.8 Å². The lowest BCUT2D eigenvalue weighted by molar-refractivity contribution is 0.0644. The van der Waals surface area contributed by atoms with Crippen LogP contribution in [0.25, 0.3) is 0 Å². The van der Waals surface area contributed by atoms with Crippen molar-refractivity contribution in [3.63, 3.8) is 0 Å². The third kappa shape index (κ3) is 1.94. The van der Waals surface area contributed by atoms with Crippen LogP contribution in [0, 0.1) is 0 Å². The predicted molar refractivity (Wildman–Crippen MR) is 71.5 cm³/mol. The van der Waals surface area contributed by atoms with Gasteiger partial charge in [0, 0.05) is 24.2 Å². The van der Waals surface area contributed by atoms with E-state index < -0.39 is 0 Å². The first-order valence-corrected chi connectivity index (χ1v) is 6.55. The number of hydrogen-bond donors (Lipinski definition) is 3. The molecule has 3 N–H and O–H groups in total. The first-order valence-electron chi connectivity index (χ1n) is 6.55. The van der Waals surface area contributed by atoms with Gasteiger partial charge in [-0.05, 0) is 24.6 Å². The maximum atomic E-state index is 10.2. The van der Waals surface area contributed by atoms with E-state index in [9.17, 15) is 5.11 Å². The Labute approximate surface area is 103 Å². The summed E-state index contributed by atoms with van der Waals surface area (Å²) in [6, 6.07) is 8.34. The van der Waals surface area contributed by atoms with E-state index in [2.05, 4.69) is 28.8 Å². The highest BCUT2D eigenvalue weighted by Gasteiger charge is 2.45. The summed E-state index contributed by atoms with van der Waals surface area (Å²) in [5.74, 6) is 0. The number of para-hydroxylation sites is 1. The number of fused-ring (bicyclic) bond motifs is 2. The van der Waals surface area contributed by atoms with Crippen LogP contribution in [0.15, 0.2) is 24.3 Å². The van der Waals surface area contributed by atoms with Gasteiger partial charge in [-0.1, -0.05) is 32.0 Å². The Kier molecular flexibility index (Phi) is 3.69. The van der Waals surface area contributed by atoms with Gasteiger partial charge in [-0.15, -0.1) is 0 Å². The molecule has 0 bridgehead atoms. The molecule has 2 aliphatic rings. The average molecular weight is 234 g/mol. The van der Waals surface area contributed by atoms with E-state index in [-0.39, 0.29) is 11.5 Å². The largest absolute Gasteiger partial charge is 0.391 e. The van der Waals surface area contributed by atoms with Gasteiger partial charge in [0.25, 0.3) is 0 Å². The molecule has 1 spiro atoms. The van der Waals surface area contributed by atoms with Gasteiger partial charge in [-0.25, -0.2) is 0 Å². The van der Waals surface area contributed by atoms with Crippen LogP contribution < -0.4 is 10.6 Å². The normalized spacial score (nSPS) is 30.2. The monoisotopic (exact) mass is 234 g/mol. The number of β-amino-alcohol motifs (C(OH)–C–C–N with tert-alkyl or cyclic N) is 1. The molecule has 0 aliphatic carbocycles. The van der Waals surface area contributed by atoms with E-state index in [0.717, 1.165) is 19.5 Å². The molecule has 2 atom stereocenters. The van der Waals surface area contributed by atoms with Gasteiger partial charge in [0.15, 0.2) is 0 Å². The SMILES string of the molecule is CC.OC1CNCCC12CNc1ccccc12. The molecule has 1 aromatic carbocycles. The van der Waals surface area contributed by atoms with E-state index in [4.69, 9.17) is 0 Å². The van der Waals surface area contributed by atoms with Crippen LogP contribution in [0.5, 0.6) is 0 Å². The zero-order valence-electron chi connectivity index (χ0n) is 10.7. The molecular weight excluding hydrogens is 212 g/mol. The van der Waals surface area contributed by atoms with Gasteiger partial charge in [-0.3, -0.25) is 0 Å². The lowest BCUT2D eigenvalue weighted by Crippen LogP contribution is -2.53. The van der Waals surface area contributed by atoms with Gasteiger partial charge in [0.2, 0.25) is 0 Å². The molecule has 2 unspecified atom stereocenters. The Morgan fingerprint density at radius 1 is 1.29 bits per heavy atom. The van der Waals surface area contributed by atoms with Gasteiger partial charge >= 0.3 is 0 Å². The average Bonchev–Trinajstić information content (AvgIpc) is 2.76. The number of aliphatic hydroxyl groups is 1. The zero-order chi connectivity index (χ0) is 12.3. The molecule has 3 rings (SSSR count). The summed E-state index contributed by atoms with van der Waals surface area (Å²) < 4.78 is 0. The summed E-state index contributed by atoms with van der Waals surface area (Å²) in [6.45, 7) is 6.57. The topological polar surface area (TPSA) is 44.3 Å². The van der Waals surface area contributed by atoms with Crippen LogP contribution in [-0.2, 0) is 5.41 Å². The van der Waals surface area contributed by atoms with Crippen LogP contribution in [0.3, 0.4) is 0 Å². The van der Waals surface area contributed by atoms with Crippen LogP contribution in [-0.4, -0.2) is 30.8 Å². The smallest absolute Gasteiger partial charge is 0.0779 e. The molecule has 0 radical (unpaired) electrons. The Morgan fingerprint density at radius 2 is 2.06 bits per heavy atom. The molecule has 17 heavy (non-hydrogen) atoms. The number of hydrogen-bond acceptors (Lipinski definition) is 3. The van der Waals surface area contributed by atoms with Crippen molar-refractivity contribution in [1.29, 1.82) is 0 Å². The maximum Gasteiger partial charge on any atom is 0.0779 e. The molecule has 1 aromatic rings. The van der Waals surface area contributed by atoms with Crippen molar-refractivity contribution >= 4 is 5.69 Å². The fourth-order valence-corrected chi connectivity index (χ4v) is 2.85. The fourth-order valence-electron chi connectivity index (χ4n) is 2.85. The van der Waals surface area contributed by atoms with Crippen molar-refractivity contribution in [2.75, 3.05) is 25.0 Å². The second-order valence-electron chi connectivity index (χ2n) is 4.53. The standard InChI is InChI=1S/C12H16N2O.C2H6/c15-11-7-13-6-5-12(11)8-14-10-4-2-1-3-9(10)12;1-2/h1-4,11,13-15H,5-8H2;1-2H3. The van der Waals surface area contributed by atoms with Crippen molar-refractivity contribution < 1.29 is 5.11 Å². The van der Waals surface area contributed by atoms with E-state index in [1.54, 1.807) is 0 Å². The Hall–Kier alpha value is -1.06. The Balaban J connectivity index is 0.000000514. The van der Waals surface area contributed by atoms with E-state index >= 15 is 0 Å². The van der Waals surface area contributed by atoms with Crippen LogP contribution in [0.2, 0.25) is 0 Å². The molecule has 94 valence electrons. The minimum Gasteiger partial charge on any atom is -0.391 e. The quantitative estimate of drug-likeness (QED) is 0.640. The summed E-state index contributed by atoms with van der Waals surface area (Å²) in [4.78, 5) is 0. The molecule has 2 aliphatic heterocycles. The Morgan fingerprint density at radius 3 is 2.82 bits per heavy atom. The number of aliphatic hydroxyl groups excluding tert-OH is 1. The highest BCUT2D eigenvalue weighted by Crippen LogP contribution is 2.42. The summed E-state index contributed by atoms with van der Waals surface area (Å²) in [5.41, 5.74) is 2.43. The molecule has 2 heterocycles. The number of rotatable bonds is 0. The number of piperidine rings is 1. The third-order valence-corrected chi connectivity index (χ3v) is 3.78. The second-order valence-corrected chi connectivity index (χ2v) is 4.53. The van der Waals surface area contributed by atoms with E-state index in [1.807, 2.05) is 19.9 Å². The van der Waals surface area contributed by atoms with Gasteiger partial charge in [0.1, 0.15) is 0 Å². The molecule has 3 nitrogen and oxygen atoms in total. The number of nitrogens with one attached hydrogen (secondary N) is 2. The maximum absolute atomic E-state index is 10.2. The highest BCUT2D eigenvalue weighted by atomic mass is 16.3. The molecule has 0 amide bonds. The number of benzene rings is 1. The van der Waals surface area contributed by atoms with Crippen LogP contribution in [0.4, 0.5) is 5.69 Å². The minimum absolute atomic E-state index is 0.0537. The van der Waals surface area contributed by atoms with Crippen molar-refractivity contribution in [3.8, 4) is 0 Å². The second kappa shape index (κ2) is 5.07. The summed E-state index contributed by atoms with van der Waals surface area (Å²) in [7, 11) is 0. The third-order valence-electron chi connectivity index (χ3n) is 3.78. The Bertz CT molecular complexity index is 376. The summed E-state index contributed by atoms with van der Waals surface area (Å²) in [5, 5.41) is 16.8. The van der Waals surface area contributed by atoms with Gasteiger partial charge in [0.05, 0.1) is 6.10 Å². The molecule has 3 heteroatoms. The number of anilines is 1. The van der Waals surface area contributed by atoms with Crippen molar-refractivity contribution in [1.82, 2.24) is 5.32 Å². The van der Waals surface area contributed by atoms with Gasteiger partial charge in [-0.2, -0.15) is 0 Å². The zero-order valence-corrected chi connectivity index (χ0v) is 10.7. The van der Waals surface area contributed by atoms with Crippen molar-refractivity contribution in [2.45, 2.75) is 31.8 Å². The molecule has 0 aromatic heterocycles. The highest BCUT2D eigenvalue weighted by molar-refractivity contribution is 5.61. The van der Waals surface area contributed by atoms with Crippen molar-refractivity contribution in [2.24, 2.45) is 0 Å². The fraction of sp³-hybridized carbons (Fsp3) is 0.571. The van der Waals surface area contributed by atoms with E-state index in [0.29, 0.717) is 6.54 Å². The lowest BCUT2D eigenvalue weighted by atomic mass is 9.73. The first kappa shape index (κ1) is 12.4. The minimum atomic E-state index is -0.276. The van der Waals surface area contributed by atoms with Gasteiger partial charge < -0.3 is 15.7 Å². The first-order chi connectivity index (χ1) is 8.33. The molecule has 0 saturated carbocycles. The molecular formula is C14H22N2O. The predicted octanol–water partition coefficient (Wildman–Crippen LogP) is 1.73. The van der Waals surface area contributed by atoms with Crippen molar-refractivity contribution in [3.05, 3.63) is 29.8 Å². The van der Waals surface area contributed by atoms with E-state index in [1.165, 1.54) is 11.3 Å². The molecule has 1 saturated heterocycles. The lowest BCUT2D eigenvalue weighted by Gasteiger charge is -2.38. The summed E-state index contributed by atoms with van der Waals surface area (Å²) in [6.07, 6.45) is 0.737. The summed E-state index contributed by atoms with van der Waals surface area (Å²) >= 11 is 0. The van der Waals surface area contributed by atoms with Crippen LogP contribution >= 0.6 is 0 Å².